The molecule has 0 aliphatic heterocycles. The molecule has 2 aromatic carbocycles. The molecule has 0 bridgehead atoms. The molecular formula is C14H10FN3O. The standard InChI is InChI=1S/C14H10FN3O/c15-11-6-7-13(10(8-11)9-16)18-14(19)17-12-4-2-1-3-5-12/h1-8H,(H2,17,18,19). The fraction of sp³-hybridized carbons (Fsp3) is 0. The quantitative estimate of drug-likeness (QED) is 0.864. The normalized spacial score (nSPS) is 9.47. The van der Waals surface area contributed by atoms with Crippen LogP contribution in [0.3, 0.4) is 0 Å². The second-order valence-corrected chi connectivity index (χ2v) is 3.75. The topological polar surface area (TPSA) is 64.9 Å². The average Bonchev–Trinajstić information content (AvgIpc) is 2.42. The van der Waals surface area contributed by atoms with Crippen molar-refractivity contribution in [2.24, 2.45) is 0 Å². The maximum absolute atomic E-state index is 12.9. The number of anilines is 2. The lowest BCUT2D eigenvalue weighted by atomic mass is 10.2. The first-order valence-corrected chi connectivity index (χ1v) is 5.52. The van der Waals surface area contributed by atoms with Crippen molar-refractivity contribution < 1.29 is 9.18 Å². The van der Waals surface area contributed by atoms with Crippen molar-refractivity contribution in [2.75, 3.05) is 10.6 Å². The van der Waals surface area contributed by atoms with Crippen molar-refractivity contribution in [3.63, 3.8) is 0 Å². The predicted octanol–water partition coefficient (Wildman–Crippen LogP) is 3.34. The van der Waals surface area contributed by atoms with Crippen LogP contribution in [0.4, 0.5) is 20.6 Å². The van der Waals surface area contributed by atoms with E-state index in [0.29, 0.717) is 5.69 Å². The maximum Gasteiger partial charge on any atom is 0.323 e. The van der Waals surface area contributed by atoms with Crippen LogP contribution < -0.4 is 10.6 Å². The van der Waals surface area contributed by atoms with Gasteiger partial charge in [0.05, 0.1) is 11.3 Å². The number of halogens is 1. The largest absolute Gasteiger partial charge is 0.323 e. The van der Waals surface area contributed by atoms with Gasteiger partial charge < -0.3 is 10.6 Å². The molecule has 0 heterocycles. The molecule has 94 valence electrons. The Balaban J connectivity index is 2.10. The van der Waals surface area contributed by atoms with Gasteiger partial charge in [-0.3, -0.25) is 0 Å². The summed E-state index contributed by atoms with van der Waals surface area (Å²) < 4.78 is 12.9. The molecule has 0 aromatic heterocycles. The predicted molar refractivity (Wildman–Crippen MR) is 70.2 cm³/mol. The lowest BCUT2D eigenvalue weighted by Crippen LogP contribution is -2.20. The number of urea groups is 1. The fourth-order valence-electron chi connectivity index (χ4n) is 1.52. The molecule has 0 fully saturated rings. The van der Waals surface area contributed by atoms with Gasteiger partial charge >= 0.3 is 6.03 Å². The summed E-state index contributed by atoms with van der Waals surface area (Å²) in [5, 5.41) is 14.0. The number of amides is 2. The van der Waals surface area contributed by atoms with Crippen molar-refractivity contribution >= 4 is 17.4 Å². The van der Waals surface area contributed by atoms with E-state index >= 15 is 0 Å². The zero-order valence-electron chi connectivity index (χ0n) is 9.85. The SMILES string of the molecule is N#Cc1cc(F)ccc1NC(=O)Nc1ccccc1. The smallest absolute Gasteiger partial charge is 0.308 e. The Bertz CT molecular complexity index is 635. The second-order valence-electron chi connectivity index (χ2n) is 3.75. The zero-order valence-corrected chi connectivity index (χ0v) is 9.85. The summed E-state index contributed by atoms with van der Waals surface area (Å²) in [5.74, 6) is -0.523. The van der Waals surface area contributed by atoms with E-state index < -0.39 is 11.8 Å². The van der Waals surface area contributed by atoms with Gasteiger partial charge in [0.25, 0.3) is 0 Å². The number of hydrogen-bond acceptors (Lipinski definition) is 2. The minimum Gasteiger partial charge on any atom is -0.308 e. The van der Waals surface area contributed by atoms with Crippen LogP contribution in [0.5, 0.6) is 0 Å². The first-order chi connectivity index (χ1) is 9.19. The number of nitrogens with one attached hydrogen (secondary N) is 2. The third kappa shape index (κ3) is 3.30. The number of para-hydroxylation sites is 1. The molecule has 0 radical (unpaired) electrons. The summed E-state index contributed by atoms with van der Waals surface area (Å²) in [5.41, 5.74) is 0.959. The van der Waals surface area contributed by atoms with Crippen LogP contribution >= 0.6 is 0 Å². The molecule has 19 heavy (non-hydrogen) atoms. The minimum atomic E-state index is -0.523. The van der Waals surface area contributed by atoms with Gasteiger partial charge in [-0.15, -0.1) is 0 Å². The van der Waals surface area contributed by atoms with E-state index in [1.807, 2.05) is 12.1 Å². The molecule has 2 N–H and O–H groups in total. The van der Waals surface area contributed by atoms with Gasteiger partial charge in [-0.25, -0.2) is 9.18 Å². The minimum absolute atomic E-state index is 0.0724. The summed E-state index contributed by atoms with van der Waals surface area (Å²) in [7, 11) is 0. The number of nitriles is 1. The van der Waals surface area contributed by atoms with Crippen LogP contribution in [0.1, 0.15) is 5.56 Å². The van der Waals surface area contributed by atoms with Crippen LogP contribution in [-0.2, 0) is 0 Å². The number of nitrogens with zero attached hydrogens (tertiary/aromatic N) is 1. The van der Waals surface area contributed by atoms with E-state index in [4.69, 9.17) is 5.26 Å². The van der Waals surface area contributed by atoms with Crippen molar-refractivity contribution in [1.82, 2.24) is 0 Å². The van der Waals surface area contributed by atoms with Crippen LogP contribution in [0, 0.1) is 17.1 Å². The van der Waals surface area contributed by atoms with Gasteiger partial charge in [-0.2, -0.15) is 5.26 Å². The van der Waals surface area contributed by atoms with Crippen molar-refractivity contribution in [1.29, 1.82) is 5.26 Å². The van der Waals surface area contributed by atoms with E-state index in [1.165, 1.54) is 12.1 Å². The zero-order chi connectivity index (χ0) is 13.7. The lowest BCUT2D eigenvalue weighted by molar-refractivity contribution is 0.262. The molecule has 0 unspecified atom stereocenters. The highest BCUT2D eigenvalue weighted by Crippen LogP contribution is 2.16. The van der Waals surface area contributed by atoms with Crippen LogP contribution in [0.25, 0.3) is 0 Å². The van der Waals surface area contributed by atoms with Crippen molar-refractivity contribution in [3.8, 4) is 6.07 Å². The number of carbonyl (C=O) groups excluding carboxylic acids is 1. The molecule has 2 amide bonds. The molecule has 0 aliphatic carbocycles. The van der Waals surface area contributed by atoms with Crippen LogP contribution in [-0.4, -0.2) is 6.03 Å². The number of hydrogen-bond donors (Lipinski definition) is 2. The van der Waals surface area contributed by atoms with E-state index in [0.717, 1.165) is 6.07 Å². The summed E-state index contributed by atoms with van der Waals surface area (Å²) in [6.07, 6.45) is 0. The molecular weight excluding hydrogens is 245 g/mol. The third-order valence-corrected chi connectivity index (χ3v) is 2.38. The maximum atomic E-state index is 12.9. The highest BCUT2D eigenvalue weighted by atomic mass is 19.1. The summed E-state index contributed by atoms with van der Waals surface area (Å²) >= 11 is 0. The average molecular weight is 255 g/mol. The first kappa shape index (κ1) is 12.6. The monoisotopic (exact) mass is 255 g/mol. The first-order valence-electron chi connectivity index (χ1n) is 5.52. The van der Waals surface area contributed by atoms with Crippen molar-refractivity contribution in [3.05, 3.63) is 59.9 Å². The van der Waals surface area contributed by atoms with E-state index in [1.54, 1.807) is 24.3 Å². The molecule has 4 nitrogen and oxygen atoms in total. The summed E-state index contributed by atoms with van der Waals surface area (Å²) in [6, 6.07) is 13.8. The van der Waals surface area contributed by atoms with E-state index in [2.05, 4.69) is 10.6 Å². The molecule has 0 saturated carbocycles. The van der Waals surface area contributed by atoms with Gasteiger partial charge in [0.15, 0.2) is 0 Å². The van der Waals surface area contributed by atoms with Gasteiger partial charge in [0.2, 0.25) is 0 Å². The molecule has 5 heteroatoms. The number of carbonyl (C=O) groups is 1. The second kappa shape index (κ2) is 5.65. The Morgan fingerprint density at radius 2 is 1.84 bits per heavy atom. The molecule has 0 spiro atoms. The molecule has 2 rings (SSSR count). The van der Waals surface area contributed by atoms with Gasteiger partial charge in [0.1, 0.15) is 11.9 Å². The van der Waals surface area contributed by atoms with Crippen LogP contribution in [0.2, 0.25) is 0 Å². The fourth-order valence-corrected chi connectivity index (χ4v) is 1.52. The Hall–Kier alpha value is -2.87. The van der Waals surface area contributed by atoms with E-state index in [9.17, 15) is 9.18 Å². The van der Waals surface area contributed by atoms with Gasteiger partial charge in [-0.05, 0) is 30.3 Å². The number of benzene rings is 2. The summed E-state index contributed by atoms with van der Waals surface area (Å²) in [6.45, 7) is 0. The highest BCUT2D eigenvalue weighted by Gasteiger charge is 2.07. The van der Waals surface area contributed by atoms with E-state index in [-0.39, 0.29) is 11.3 Å². The molecule has 0 saturated heterocycles. The number of rotatable bonds is 2. The van der Waals surface area contributed by atoms with Crippen LogP contribution in [0.15, 0.2) is 48.5 Å². The Morgan fingerprint density at radius 1 is 1.11 bits per heavy atom. The Kier molecular flexibility index (Phi) is 3.74. The van der Waals surface area contributed by atoms with Gasteiger partial charge in [-0.1, -0.05) is 18.2 Å². The Morgan fingerprint density at radius 3 is 2.53 bits per heavy atom. The molecule has 0 aliphatic rings. The van der Waals surface area contributed by atoms with Gasteiger partial charge in [0, 0.05) is 5.69 Å². The lowest BCUT2D eigenvalue weighted by Gasteiger charge is -2.08. The third-order valence-electron chi connectivity index (χ3n) is 2.38. The highest BCUT2D eigenvalue weighted by molar-refractivity contribution is 6.00. The molecule has 2 aromatic rings. The Labute approximate surface area is 109 Å². The van der Waals surface area contributed by atoms with Crippen molar-refractivity contribution in [2.45, 2.75) is 0 Å². The molecule has 0 atom stereocenters. The summed E-state index contributed by atoms with van der Waals surface area (Å²) in [4.78, 5) is 11.7.